The second kappa shape index (κ2) is 22.9. The molecule has 0 radical (unpaired) electrons. The van der Waals surface area contributed by atoms with Crippen molar-refractivity contribution >= 4 is 145 Å². The fraction of sp³-hybridized carbons (Fsp3) is 0.222. The maximum absolute atomic E-state index is 12.6. The number of aromatic nitrogens is 3. The lowest BCUT2D eigenvalue weighted by Gasteiger charge is -2.12. The average molecular weight is 1250 g/mol. The fourth-order valence-electron chi connectivity index (χ4n) is 7.88. The highest BCUT2D eigenvalue weighted by atomic mass is 32.2. The number of nitriles is 1. The molecule has 5 aromatic carbocycles. The van der Waals surface area contributed by atoms with Crippen molar-refractivity contribution in [1.82, 2.24) is 14.4 Å². The summed E-state index contributed by atoms with van der Waals surface area (Å²) in [5.74, 6) is -2.06. The van der Waals surface area contributed by atoms with Gasteiger partial charge < -0.3 is 19.3 Å². The molecule has 36 heteroatoms. The number of fused-ring (bicyclic) bond motifs is 6. The maximum Gasteiger partial charge on any atom is 0.296 e. The summed E-state index contributed by atoms with van der Waals surface area (Å²) in [6, 6.07) is 14.2. The van der Waals surface area contributed by atoms with Crippen LogP contribution in [0.2, 0.25) is 0 Å². The molecular weight excluding hydrogens is 1210 g/mol. The van der Waals surface area contributed by atoms with E-state index >= 15 is 0 Å². The zero-order valence-corrected chi connectivity index (χ0v) is 47.6. The van der Waals surface area contributed by atoms with E-state index in [1.807, 2.05) is 6.07 Å². The van der Waals surface area contributed by atoms with Crippen LogP contribution in [0, 0.1) is 25.2 Å². The summed E-state index contributed by atoms with van der Waals surface area (Å²) in [5.41, 5.74) is -0.820. The molecule has 81 heavy (non-hydrogen) atoms. The van der Waals surface area contributed by atoms with Crippen LogP contribution in [-0.4, -0.2) is 122 Å². The molecule has 8 aromatic rings. The predicted octanol–water partition coefficient (Wildman–Crippen LogP) is 9.47. The Kier molecular flexibility index (Phi) is 16.8. The minimum atomic E-state index is -5.00. The molecule has 8 rings (SSSR count). The van der Waals surface area contributed by atoms with E-state index in [9.17, 15) is 75.2 Å². The molecule has 0 aliphatic carbocycles. The second-order valence-electron chi connectivity index (χ2n) is 17.1. The Hall–Kier alpha value is -7.41. The molecule has 3 aromatic heterocycles. The molecule has 0 amide bonds. The minimum Gasteiger partial charge on any atom is -0.497 e. The van der Waals surface area contributed by atoms with Gasteiger partial charge in [0.2, 0.25) is 11.0 Å². The second-order valence-corrected chi connectivity index (χ2v) is 26.5. The van der Waals surface area contributed by atoms with Crippen LogP contribution >= 0.6 is 23.1 Å². The SMILES string of the molecule is COc1cc(S(=O)(=O)O)c2c(c1)nc1c(C#N)c(C)c(N=Nc3cc(C)c(N=Nc4cc(OC)c(N=Nc5nc6c(S(=O)(=O)O)cc7cc(S(=O)(=O)O)ccc7c6s5)cc4SCCCS(=O)(=O)O)cc3OCCCS(=O)(=O)O)c(O)n12. The van der Waals surface area contributed by atoms with Crippen LogP contribution in [0.15, 0.2) is 111 Å². The molecule has 0 unspecified atom stereocenters. The van der Waals surface area contributed by atoms with Crippen molar-refractivity contribution in [2.75, 3.05) is 38.1 Å². The molecule has 6 N–H and O–H groups in total. The highest BCUT2D eigenvalue weighted by Gasteiger charge is 2.28. The number of aryl methyl sites for hydroxylation is 1. The van der Waals surface area contributed by atoms with Gasteiger partial charge in [0.25, 0.3) is 50.6 Å². The van der Waals surface area contributed by atoms with E-state index in [-0.39, 0.29) is 125 Å². The highest BCUT2D eigenvalue weighted by molar-refractivity contribution is 7.99. The molecule has 0 aliphatic heterocycles. The standard InChI is InChI=1S/C45H40N10O19S7/c1-22-13-30(50-53-39-23(2)28(21-46)43-47-33-16-25(72-3)17-38(81(69,70)71)41(33)55(43)44(39)56)35(74-9-5-11-77(57,58)59)18-29(22)49-52-32-19-34(73-4)31(20-36(32)75-10-6-12-78(60,61)62)51-54-45-48-40-37(80(66,67)68)15-24-14-26(79(63,64)65)7-8-27(24)42(40)76-45/h7-8,13-20,56H,5-6,9-12H2,1-4H3,(H,57,58,59)(H,60,61,62)(H,63,64,65)(H,66,67,68)(H,69,70,71). The lowest BCUT2D eigenvalue weighted by atomic mass is 10.1. The number of hydrogen-bond donors (Lipinski definition) is 6. The minimum absolute atomic E-state index is 0.0157. The van der Waals surface area contributed by atoms with Gasteiger partial charge in [-0.1, -0.05) is 17.4 Å². The summed E-state index contributed by atoms with van der Waals surface area (Å²) in [7, 11) is -20.9. The number of ether oxygens (including phenoxy) is 3. The largest absolute Gasteiger partial charge is 0.497 e. The number of imidazole rings is 1. The summed E-state index contributed by atoms with van der Waals surface area (Å²) in [6.07, 6.45) is -0.263. The van der Waals surface area contributed by atoms with E-state index in [2.05, 4.69) is 40.7 Å². The van der Waals surface area contributed by atoms with Gasteiger partial charge in [-0.2, -0.15) is 52.5 Å². The molecule has 0 bridgehead atoms. The first-order valence-electron chi connectivity index (χ1n) is 22.6. The smallest absolute Gasteiger partial charge is 0.296 e. The third kappa shape index (κ3) is 13.4. The highest BCUT2D eigenvalue weighted by Crippen LogP contribution is 2.46. The summed E-state index contributed by atoms with van der Waals surface area (Å²) in [4.78, 5) is 6.94. The quantitative estimate of drug-likeness (QED) is 0.0169. The van der Waals surface area contributed by atoms with Crippen molar-refractivity contribution in [1.29, 1.82) is 5.26 Å². The van der Waals surface area contributed by atoms with Gasteiger partial charge in [-0.05, 0) is 73.7 Å². The number of pyridine rings is 1. The Bertz CT molecular complexity index is 4660. The first-order chi connectivity index (χ1) is 37.9. The normalized spacial score (nSPS) is 13.0. The van der Waals surface area contributed by atoms with Crippen LogP contribution in [0.1, 0.15) is 29.5 Å². The van der Waals surface area contributed by atoms with Gasteiger partial charge in [0, 0.05) is 40.1 Å². The maximum atomic E-state index is 12.6. The van der Waals surface area contributed by atoms with Crippen LogP contribution in [0.4, 0.5) is 33.6 Å². The molecule has 0 saturated carbocycles. The zero-order chi connectivity index (χ0) is 59.1. The zero-order valence-electron chi connectivity index (χ0n) is 41.8. The van der Waals surface area contributed by atoms with E-state index in [0.29, 0.717) is 10.5 Å². The molecule has 29 nitrogen and oxygen atoms in total. The number of methoxy groups -OCH3 is 2. The Balaban J connectivity index is 1.20. The van der Waals surface area contributed by atoms with Crippen LogP contribution in [0.25, 0.3) is 37.7 Å². The summed E-state index contributed by atoms with van der Waals surface area (Å²) in [5, 5.41) is 48.0. The van der Waals surface area contributed by atoms with E-state index in [0.717, 1.165) is 51.8 Å². The summed E-state index contributed by atoms with van der Waals surface area (Å²) in [6.45, 7) is 2.66. The molecule has 0 aliphatic rings. The van der Waals surface area contributed by atoms with E-state index in [4.69, 9.17) is 14.2 Å². The van der Waals surface area contributed by atoms with Gasteiger partial charge in [0.15, 0.2) is 11.3 Å². The molecule has 0 fully saturated rings. The number of aromatic hydroxyl groups is 1. The first kappa shape index (κ1) is 59.7. The number of thioether (sulfide) groups is 1. The lowest BCUT2D eigenvalue weighted by Crippen LogP contribution is -2.08. The van der Waals surface area contributed by atoms with Gasteiger partial charge in [-0.25, -0.2) is 9.97 Å². The predicted molar refractivity (Wildman–Crippen MR) is 292 cm³/mol. The van der Waals surface area contributed by atoms with Crippen molar-refractivity contribution in [3.8, 4) is 29.2 Å². The van der Waals surface area contributed by atoms with E-state index in [1.165, 1.54) is 57.5 Å². The fourth-order valence-corrected chi connectivity index (χ4v) is 12.9. The molecule has 426 valence electrons. The van der Waals surface area contributed by atoms with Gasteiger partial charge in [0.05, 0.1) is 58.6 Å². The van der Waals surface area contributed by atoms with Crippen LogP contribution < -0.4 is 14.2 Å². The van der Waals surface area contributed by atoms with Gasteiger partial charge >= 0.3 is 0 Å². The first-order valence-corrected chi connectivity index (χ1v) is 32.0. The molecular formula is C45H40N10O19S7. The number of azo groups is 3. The third-order valence-corrected chi connectivity index (χ3v) is 17.9. The molecule has 3 heterocycles. The summed E-state index contributed by atoms with van der Waals surface area (Å²) < 4.78 is 187. The topological polar surface area (TPSA) is 448 Å². The van der Waals surface area contributed by atoms with Crippen LogP contribution in [0.5, 0.6) is 23.1 Å². The molecule has 0 spiro atoms. The Labute approximate surface area is 467 Å². The Morgan fingerprint density at radius 3 is 1.98 bits per heavy atom. The Morgan fingerprint density at radius 2 is 1.33 bits per heavy atom. The van der Waals surface area contributed by atoms with Crippen LogP contribution in [-0.2, 0) is 50.6 Å². The van der Waals surface area contributed by atoms with Crippen molar-refractivity contribution in [2.24, 2.45) is 30.7 Å². The number of rotatable bonds is 21. The van der Waals surface area contributed by atoms with Gasteiger partial charge in [-0.3, -0.25) is 27.2 Å². The van der Waals surface area contributed by atoms with Crippen LogP contribution in [0.3, 0.4) is 0 Å². The summed E-state index contributed by atoms with van der Waals surface area (Å²) >= 11 is 1.88. The number of hydrogen-bond acceptors (Lipinski definition) is 25. The van der Waals surface area contributed by atoms with Gasteiger partial charge in [-0.15, -0.1) is 37.3 Å². The monoisotopic (exact) mass is 1250 g/mol. The van der Waals surface area contributed by atoms with E-state index in [1.54, 1.807) is 6.92 Å². The number of benzene rings is 5. The molecule has 0 saturated heterocycles. The van der Waals surface area contributed by atoms with Crippen molar-refractivity contribution in [3.63, 3.8) is 0 Å². The average Bonchev–Trinajstić information content (AvgIpc) is 2.42. The Morgan fingerprint density at radius 1 is 0.691 bits per heavy atom. The number of nitrogens with zero attached hydrogens (tertiary/aromatic N) is 10. The van der Waals surface area contributed by atoms with Crippen molar-refractivity contribution in [3.05, 3.63) is 77.4 Å². The van der Waals surface area contributed by atoms with E-state index < -0.39 is 82.7 Å². The third-order valence-electron chi connectivity index (χ3n) is 11.6. The van der Waals surface area contributed by atoms with Crippen molar-refractivity contribution < 1.29 is 84.2 Å². The van der Waals surface area contributed by atoms with Crippen molar-refractivity contribution in [2.45, 2.75) is 46.3 Å². The lowest BCUT2D eigenvalue weighted by molar-refractivity contribution is 0.317. The van der Waals surface area contributed by atoms with Gasteiger partial charge in [0.1, 0.15) is 61.3 Å². The number of thiazole rings is 1. The molecule has 0 atom stereocenters.